The standard InChI is InChI=1S/C35H26N2/c1-35(2)30-28-19-10-9-14-24(28)20-21-29(30)33-31(35)32(36-34(37-33)25-15-7-4-8-16-25)27-18-11-17-26(22-27)23-12-5-3-6-13-23/h3-22H,1-2H3. The number of rotatable bonds is 3. The lowest BCUT2D eigenvalue weighted by Gasteiger charge is -2.25. The van der Waals surface area contributed by atoms with Crippen molar-refractivity contribution in [3.05, 3.63) is 132 Å². The van der Waals surface area contributed by atoms with Gasteiger partial charge in [-0.15, -0.1) is 0 Å². The van der Waals surface area contributed by atoms with Crippen LogP contribution in [0.25, 0.3) is 55.8 Å². The highest BCUT2D eigenvalue weighted by atomic mass is 14.9. The molecule has 6 aromatic rings. The summed E-state index contributed by atoms with van der Waals surface area (Å²) in [4.78, 5) is 10.5. The van der Waals surface area contributed by atoms with Gasteiger partial charge in [0.15, 0.2) is 5.82 Å². The summed E-state index contributed by atoms with van der Waals surface area (Å²) in [7, 11) is 0. The van der Waals surface area contributed by atoms with Crippen LogP contribution in [0, 0.1) is 0 Å². The van der Waals surface area contributed by atoms with Crippen molar-refractivity contribution in [2.24, 2.45) is 0 Å². The van der Waals surface area contributed by atoms with Crippen LogP contribution in [0.2, 0.25) is 0 Å². The van der Waals surface area contributed by atoms with Crippen molar-refractivity contribution in [2.45, 2.75) is 19.3 Å². The lowest BCUT2D eigenvalue weighted by Crippen LogP contribution is -2.18. The highest BCUT2D eigenvalue weighted by Gasteiger charge is 2.41. The van der Waals surface area contributed by atoms with Gasteiger partial charge in [0, 0.05) is 27.7 Å². The van der Waals surface area contributed by atoms with Crippen LogP contribution in [0.5, 0.6) is 0 Å². The van der Waals surface area contributed by atoms with Crippen molar-refractivity contribution in [1.82, 2.24) is 9.97 Å². The quantitative estimate of drug-likeness (QED) is 0.256. The topological polar surface area (TPSA) is 25.8 Å². The lowest BCUT2D eigenvalue weighted by atomic mass is 9.78. The van der Waals surface area contributed by atoms with Gasteiger partial charge in [0.25, 0.3) is 0 Å². The van der Waals surface area contributed by atoms with E-state index in [1.165, 1.54) is 38.6 Å². The fraction of sp³-hybridized carbons (Fsp3) is 0.0857. The minimum Gasteiger partial charge on any atom is -0.228 e. The van der Waals surface area contributed by atoms with Gasteiger partial charge in [-0.25, -0.2) is 9.97 Å². The third kappa shape index (κ3) is 3.41. The zero-order valence-corrected chi connectivity index (χ0v) is 20.9. The summed E-state index contributed by atoms with van der Waals surface area (Å²) >= 11 is 0. The average Bonchev–Trinajstić information content (AvgIpc) is 3.20. The van der Waals surface area contributed by atoms with Gasteiger partial charge in [0.1, 0.15) is 0 Å². The van der Waals surface area contributed by atoms with Crippen LogP contribution >= 0.6 is 0 Å². The molecule has 1 aliphatic carbocycles. The summed E-state index contributed by atoms with van der Waals surface area (Å²) in [6, 6.07) is 42.8. The Bertz CT molecular complexity index is 1780. The van der Waals surface area contributed by atoms with Gasteiger partial charge in [-0.2, -0.15) is 0 Å². The SMILES string of the molecule is CC1(C)c2c(-c3cccc(-c4ccccc4)c3)nc(-c3ccccc3)nc2-c2ccc3ccccc3c21. The maximum absolute atomic E-state index is 5.27. The molecule has 37 heavy (non-hydrogen) atoms. The molecule has 1 heterocycles. The Labute approximate surface area is 217 Å². The number of fused-ring (bicyclic) bond motifs is 5. The monoisotopic (exact) mass is 474 g/mol. The molecule has 0 saturated carbocycles. The smallest absolute Gasteiger partial charge is 0.160 e. The van der Waals surface area contributed by atoms with Crippen molar-refractivity contribution in [1.29, 1.82) is 0 Å². The molecule has 0 fully saturated rings. The van der Waals surface area contributed by atoms with E-state index in [0.29, 0.717) is 0 Å². The van der Waals surface area contributed by atoms with Gasteiger partial charge in [-0.1, -0.05) is 129 Å². The predicted octanol–water partition coefficient (Wildman–Crippen LogP) is 8.94. The van der Waals surface area contributed by atoms with E-state index < -0.39 is 0 Å². The first-order valence-corrected chi connectivity index (χ1v) is 12.8. The molecular formula is C35H26N2. The first-order chi connectivity index (χ1) is 18.1. The number of hydrogen-bond donors (Lipinski definition) is 0. The fourth-order valence-corrected chi connectivity index (χ4v) is 5.92. The van der Waals surface area contributed by atoms with Crippen molar-refractivity contribution < 1.29 is 0 Å². The second kappa shape index (κ2) is 8.25. The minimum absolute atomic E-state index is 0.251. The van der Waals surface area contributed by atoms with Crippen LogP contribution < -0.4 is 0 Å². The van der Waals surface area contributed by atoms with Crippen LogP contribution in [0.3, 0.4) is 0 Å². The molecule has 0 spiro atoms. The van der Waals surface area contributed by atoms with Gasteiger partial charge >= 0.3 is 0 Å². The van der Waals surface area contributed by atoms with Gasteiger partial charge in [-0.3, -0.25) is 0 Å². The molecule has 7 rings (SSSR count). The lowest BCUT2D eigenvalue weighted by molar-refractivity contribution is 0.663. The number of aromatic nitrogens is 2. The van der Waals surface area contributed by atoms with E-state index in [-0.39, 0.29) is 5.41 Å². The van der Waals surface area contributed by atoms with Crippen LogP contribution in [0.1, 0.15) is 25.0 Å². The van der Waals surface area contributed by atoms with Gasteiger partial charge < -0.3 is 0 Å². The van der Waals surface area contributed by atoms with Crippen LogP contribution in [0.4, 0.5) is 0 Å². The molecule has 0 amide bonds. The predicted molar refractivity (Wildman–Crippen MR) is 153 cm³/mol. The average molecular weight is 475 g/mol. The summed E-state index contributed by atoms with van der Waals surface area (Å²) in [6.45, 7) is 4.64. The largest absolute Gasteiger partial charge is 0.228 e. The van der Waals surface area contributed by atoms with Crippen molar-refractivity contribution >= 4 is 10.8 Å². The number of hydrogen-bond acceptors (Lipinski definition) is 2. The maximum Gasteiger partial charge on any atom is 0.160 e. The fourth-order valence-electron chi connectivity index (χ4n) is 5.92. The Morgan fingerprint density at radius 2 is 1.11 bits per heavy atom. The zero-order valence-electron chi connectivity index (χ0n) is 20.9. The molecular weight excluding hydrogens is 448 g/mol. The van der Waals surface area contributed by atoms with Crippen LogP contribution in [-0.2, 0) is 5.41 Å². The number of benzene rings is 5. The molecule has 0 saturated heterocycles. The van der Waals surface area contributed by atoms with E-state index in [0.717, 1.165) is 28.3 Å². The third-order valence-electron chi connectivity index (χ3n) is 7.62. The summed E-state index contributed by atoms with van der Waals surface area (Å²) in [5.41, 5.74) is 10.1. The van der Waals surface area contributed by atoms with Gasteiger partial charge in [-0.05, 0) is 33.5 Å². The molecule has 5 aromatic carbocycles. The molecule has 0 N–H and O–H groups in total. The molecule has 2 heteroatoms. The Morgan fingerprint density at radius 1 is 0.486 bits per heavy atom. The number of nitrogens with zero attached hydrogens (tertiary/aromatic N) is 2. The molecule has 0 aliphatic heterocycles. The molecule has 1 aliphatic rings. The van der Waals surface area contributed by atoms with E-state index in [9.17, 15) is 0 Å². The molecule has 0 radical (unpaired) electrons. The zero-order chi connectivity index (χ0) is 25.0. The highest BCUT2D eigenvalue weighted by Crippen LogP contribution is 2.53. The van der Waals surface area contributed by atoms with Gasteiger partial charge in [0.05, 0.1) is 11.4 Å². The van der Waals surface area contributed by atoms with Crippen LogP contribution in [0.15, 0.2) is 121 Å². The van der Waals surface area contributed by atoms with Crippen molar-refractivity contribution in [3.63, 3.8) is 0 Å². The van der Waals surface area contributed by atoms with E-state index in [1.807, 2.05) is 18.2 Å². The van der Waals surface area contributed by atoms with Gasteiger partial charge in [0.2, 0.25) is 0 Å². The Morgan fingerprint density at radius 3 is 1.89 bits per heavy atom. The molecule has 0 bridgehead atoms. The first kappa shape index (κ1) is 21.7. The molecule has 0 unspecified atom stereocenters. The van der Waals surface area contributed by atoms with E-state index in [1.54, 1.807) is 0 Å². The second-order valence-corrected chi connectivity index (χ2v) is 10.3. The van der Waals surface area contributed by atoms with Crippen molar-refractivity contribution in [2.75, 3.05) is 0 Å². The first-order valence-electron chi connectivity index (χ1n) is 12.8. The summed E-state index contributed by atoms with van der Waals surface area (Å²) < 4.78 is 0. The Balaban J connectivity index is 1.54. The second-order valence-electron chi connectivity index (χ2n) is 10.3. The third-order valence-corrected chi connectivity index (χ3v) is 7.62. The Kier molecular flexibility index (Phi) is 4.84. The van der Waals surface area contributed by atoms with Crippen molar-refractivity contribution in [3.8, 4) is 45.0 Å². The van der Waals surface area contributed by atoms with E-state index >= 15 is 0 Å². The molecule has 0 atom stereocenters. The minimum atomic E-state index is -0.251. The summed E-state index contributed by atoms with van der Waals surface area (Å²) in [6.07, 6.45) is 0. The molecule has 176 valence electrons. The van der Waals surface area contributed by atoms with E-state index in [2.05, 4.69) is 117 Å². The van der Waals surface area contributed by atoms with E-state index in [4.69, 9.17) is 9.97 Å². The normalized spacial score (nSPS) is 13.4. The molecule has 1 aromatic heterocycles. The Hall–Kier alpha value is -4.56. The summed E-state index contributed by atoms with van der Waals surface area (Å²) in [5.74, 6) is 0.760. The maximum atomic E-state index is 5.27. The highest BCUT2D eigenvalue weighted by molar-refractivity contribution is 5.98. The van der Waals surface area contributed by atoms with Crippen LogP contribution in [-0.4, -0.2) is 9.97 Å². The summed E-state index contributed by atoms with van der Waals surface area (Å²) in [5, 5.41) is 2.54. The molecule has 2 nitrogen and oxygen atoms in total.